The van der Waals surface area contributed by atoms with Crippen molar-refractivity contribution in [1.29, 1.82) is 0 Å². The van der Waals surface area contributed by atoms with Crippen LogP contribution in [0.1, 0.15) is 22.8 Å². The molecule has 2 rings (SSSR count). The summed E-state index contributed by atoms with van der Waals surface area (Å²) in [5.41, 5.74) is 0.920. The molecule has 3 amide bonds. The molecule has 0 radical (unpaired) electrons. The van der Waals surface area contributed by atoms with Gasteiger partial charge in [0.25, 0.3) is 5.91 Å². The van der Waals surface area contributed by atoms with Crippen LogP contribution in [0.25, 0.3) is 0 Å². The highest BCUT2D eigenvalue weighted by Gasteiger charge is 2.22. The summed E-state index contributed by atoms with van der Waals surface area (Å²) in [6.07, 6.45) is -1.12. The molecule has 0 aromatic heterocycles. The quantitative estimate of drug-likeness (QED) is 0.775. The Bertz CT molecular complexity index is 777. The highest BCUT2D eigenvalue weighted by Crippen LogP contribution is 2.16. The van der Waals surface area contributed by atoms with Crippen molar-refractivity contribution in [2.45, 2.75) is 19.6 Å². The number of amides is 3. The van der Waals surface area contributed by atoms with Crippen LogP contribution in [0.5, 0.6) is 5.75 Å². The van der Waals surface area contributed by atoms with E-state index in [2.05, 4.69) is 10.6 Å². The van der Waals surface area contributed by atoms with E-state index >= 15 is 0 Å². The summed E-state index contributed by atoms with van der Waals surface area (Å²) in [6.45, 7) is 1.56. The summed E-state index contributed by atoms with van der Waals surface area (Å²) in [7, 11) is 1.38. The minimum Gasteiger partial charge on any atom is -0.489 e. The molecule has 2 N–H and O–H groups in total. The third kappa shape index (κ3) is 5.34. The summed E-state index contributed by atoms with van der Waals surface area (Å²) in [4.78, 5) is 35.3. The average Bonchev–Trinajstić information content (AvgIpc) is 2.67. The van der Waals surface area contributed by atoms with Crippen LogP contribution in [0.2, 0.25) is 0 Å². The topological polar surface area (TPSA) is 93.7 Å². The van der Waals surface area contributed by atoms with Gasteiger partial charge in [-0.05, 0) is 25.1 Å². The maximum absolute atomic E-state index is 12.4. The zero-order chi connectivity index (χ0) is 18.9. The smallest absolute Gasteiger partial charge is 0.339 e. The van der Waals surface area contributed by atoms with E-state index in [-0.39, 0.29) is 6.61 Å². The Morgan fingerprint density at radius 1 is 1.00 bits per heavy atom. The number of rotatable bonds is 6. The van der Waals surface area contributed by atoms with Gasteiger partial charge in [0.15, 0.2) is 6.10 Å². The molecule has 2 aromatic carbocycles. The fourth-order valence-electron chi connectivity index (χ4n) is 2.08. The van der Waals surface area contributed by atoms with Gasteiger partial charge in [0.05, 0.1) is 5.56 Å². The Balaban J connectivity index is 2.02. The Labute approximate surface area is 151 Å². The molecule has 0 saturated heterocycles. The van der Waals surface area contributed by atoms with E-state index in [1.807, 2.05) is 30.3 Å². The van der Waals surface area contributed by atoms with Gasteiger partial charge in [-0.25, -0.2) is 9.59 Å². The zero-order valence-corrected chi connectivity index (χ0v) is 14.5. The van der Waals surface area contributed by atoms with Gasteiger partial charge in [-0.3, -0.25) is 10.1 Å². The van der Waals surface area contributed by atoms with Crippen molar-refractivity contribution in [3.63, 3.8) is 0 Å². The summed E-state index contributed by atoms with van der Waals surface area (Å²) < 4.78 is 10.8. The van der Waals surface area contributed by atoms with Crippen molar-refractivity contribution in [3.05, 3.63) is 65.7 Å². The number of benzene rings is 2. The number of carbonyl (C=O) groups excluding carboxylic acids is 3. The van der Waals surface area contributed by atoms with E-state index in [1.54, 1.807) is 24.3 Å². The van der Waals surface area contributed by atoms with Crippen molar-refractivity contribution in [2.24, 2.45) is 0 Å². The van der Waals surface area contributed by atoms with Crippen molar-refractivity contribution in [1.82, 2.24) is 10.6 Å². The first-order valence-electron chi connectivity index (χ1n) is 8.00. The van der Waals surface area contributed by atoms with Crippen LogP contribution in [-0.2, 0) is 16.1 Å². The van der Waals surface area contributed by atoms with Crippen LogP contribution in [-0.4, -0.2) is 31.1 Å². The normalized spacial score (nSPS) is 11.2. The molecule has 0 aliphatic heterocycles. The molecular weight excluding hydrogens is 336 g/mol. The van der Waals surface area contributed by atoms with Gasteiger partial charge < -0.3 is 14.8 Å². The standard InChI is InChI=1S/C19H20N2O5/c1-13(17(22)21-19(24)20-2)26-18(23)16-11-7-6-8-14(16)12-25-15-9-4-3-5-10-15/h3-11,13H,12H2,1-2H3,(H2,20,21,22,24)/t13-/m1/s1. The van der Waals surface area contributed by atoms with Crippen molar-refractivity contribution in [2.75, 3.05) is 7.05 Å². The van der Waals surface area contributed by atoms with E-state index < -0.39 is 24.0 Å². The second-order valence-electron chi connectivity index (χ2n) is 5.37. The van der Waals surface area contributed by atoms with Crippen LogP contribution >= 0.6 is 0 Å². The number of hydrogen-bond acceptors (Lipinski definition) is 5. The fourth-order valence-corrected chi connectivity index (χ4v) is 2.08. The first-order valence-corrected chi connectivity index (χ1v) is 8.00. The predicted molar refractivity (Wildman–Crippen MR) is 94.7 cm³/mol. The molecule has 0 fully saturated rings. The van der Waals surface area contributed by atoms with Crippen LogP contribution < -0.4 is 15.4 Å². The summed E-state index contributed by atoms with van der Waals surface area (Å²) in [5.74, 6) is -0.707. The van der Waals surface area contributed by atoms with Gasteiger partial charge in [0, 0.05) is 12.6 Å². The molecular formula is C19H20N2O5. The van der Waals surface area contributed by atoms with Gasteiger partial charge in [-0.15, -0.1) is 0 Å². The van der Waals surface area contributed by atoms with Gasteiger partial charge >= 0.3 is 12.0 Å². The number of nitrogens with one attached hydrogen (secondary N) is 2. The third-order valence-corrected chi connectivity index (χ3v) is 3.49. The number of para-hydroxylation sites is 1. The number of imide groups is 1. The van der Waals surface area contributed by atoms with Crippen LogP contribution in [0.4, 0.5) is 4.79 Å². The molecule has 2 aromatic rings. The van der Waals surface area contributed by atoms with Gasteiger partial charge in [-0.1, -0.05) is 36.4 Å². The fraction of sp³-hybridized carbons (Fsp3) is 0.211. The van der Waals surface area contributed by atoms with Crippen LogP contribution in [0.3, 0.4) is 0 Å². The maximum Gasteiger partial charge on any atom is 0.339 e. The molecule has 7 heteroatoms. The van der Waals surface area contributed by atoms with Crippen LogP contribution in [0.15, 0.2) is 54.6 Å². The molecule has 1 atom stereocenters. The molecule has 7 nitrogen and oxygen atoms in total. The number of ether oxygens (including phenoxy) is 2. The minimum absolute atomic E-state index is 0.175. The van der Waals surface area contributed by atoms with E-state index in [4.69, 9.17) is 9.47 Å². The Morgan fingerprint density at radius 3 is 2.35 bits per heavy atom. The number of esters is 1. The average molecular weight is 356 g/mol. The number of urea groups is 1. The molecule has 0 spiro atoms. The lowest BCUT2D eigenvalue weighted by atomic mass is 10.1. The second-order valence-corrected chi connectivity index (χ2v) is 5.37. The number of hydrogen-bond donors (Lipinski definition) is 2. The van der Waals surface area contributed by atoms with E-state index in [9.17, 15) is 14.4 Å². The van der Waals surface area contributed by atoms with Crippen LogP contribution in [0, 0.1) is 0 Å². The maximum atomic E-state index is 12.4. The van der Waals surface area contributed by atoms with E-state index in [1.165, 1.54) is 14.0 Å². The largest absolute Gasteiger partial charge is 0.489 e. The highest BCUT2D eigenvalue weighted by molar-refractivity contribution is 5.98. The van der Waals surface area contributed by atoms with Crippen molar-refractivity contribution in [3.8, 4) is 5.75 Å². The van der Waals surface area contributed by atoms with E-state index in [0.29, 0.717) is 16.9 Å². The molecule has 0 heterocycles. The summed E-state index contributed by atoms with van der Waals surface area (Å²) in [6, 6.07) is 15.3. The summed E-state index contributed by atoms with van der Waals surface area (Å²) >= 11 is 0. The minimum atomic E-state index is -1.12. The lowest BCUT2D eigenvalue weighted by Gasteiger charge is -2.15. The highest BCUT2D eigenvalue weighted by atomic mass is 16.5. The Kier molecular flexibility index (Phi) is 6.73. The molecule has 0 saturated carbocycles. The molecule has 0 unspecified atom stereocenters. The lowest BCUT2D eigenvalue weighted by Crippen LogP contribution is -2.43. The molecule has 0 bridgehead atoms. The predicted octanol–water partition coefficient (Wildman–Crippen LogP) is 2.27. The van der Waals surface area contributed by atoms with Gasteiger partial charge in [0.2, 0.25) is 0 Å². The third-order valence-electron chi connectivity index (χ3n) is 3.49. The first kappa shape index (κ1) is 19.0. The molecule has 0 aliphatic rings. The summed E-state index contributed by atoms with van der Waals surface area (Å²) in [5, 5.41) is 4.31. The van der Waals surface area contributed by atoms with Crippen molar-refractivity contribution >= 4 is 17.9 Å². The Hall–Kier alpha value is -3.35. The lowest BCUT2D eigenvalue weighted by molar-refractivity contribution is -0.127. The van der Waals surface area contributed by atoms with Gasteiger partial charge in [0.1, 0.15) is 12.4 Å². The molecule has 0 aliphatic carbocycles. The monoisotopic (exact) mass is 356 g/mol. The van der Waals surface area contributed by atoms with Gasteiger partial charge in [-0.2, -0.15) is 0 Å². The zero-order valence-electron chi connectivity index (χ0n) is 14.5. The molecule has 26 heavy (non-hydrogen) atoms. The number of carbonyl (C=O) groups is 3. The van der Waals surface area contributed by atoms with E-state index in [0.717, 1.165) is 0 Å². The SMILES string of the molecule is CNC(=O)NC(=O)[C@@H](C)OC(=O)c1ccccc1COc1ccccc1. The Morgan fingerprint density at radius 2 is 1.65 bits per heavy atom. The van der Waals surface area contributed by atoms with Crippen molar-refractivity contribution < 1.29 is 23.9 Å². The second kappa shape index (κ2) is 9.22. The first-order chi connectivity index (χ1) is 12.5. The molecule has 136 valence electrons.